The van der Waals surface area contributed by atoms with Gasteiger partial charge < -0.3 is 5.73 Å². The molecule has 0 aliphatic heterocycles. The second kappa shape index (κ2) is 4.13. The van der Waals surface area contributed by atoms with Crippen LogP contribution >= 0.6 is 11.5 Å². The summed E-state index contributed by atoms with van der Waals surface area (Å²) in [7, 11) is 0. The third kappa shape index (κ3) is 1.78. The molecular weight excluding hydrogens is 262 g/mol. The molecule has 0 radical (unpaired) electrons. The summed E-state index contributed by atoms with van der Waals surface area (Å²) in [6.45, 7) is 3.86. The van der Waals surface area contributed by atoms with E-state index in [2.05, 4.69) is 14.3 Å². The molecule has 6 nitrogen and oxygen atoms in total. The van der Waals surface area contributed by atoms with E-state index in [4.69, 9.17) is 5.73 Å². The number of hydrogen-bond donors (Lipinski definition) is 1. The zero-order chi connectivity index (χ0) is 13.6. The molecule has 0 fully saturated rings. The Bertz CT molecular complexity index is 789. The van der Waals surface area contributed by atoms with Crippen molar-refractivity contribution in [2.75, 3.05) is 0 Å². The largest absolute Gasteiger partial charge is 0.364 e. The number of nitrogens with zero attached hydrogens (tertiary/aromatic N) is 4. The van der Waals surface area contributed by atoms with Crippen LogP contribution in [0.25, 0.3) is 16.9 Å². The first-order valence-corrected chi connectivity index (χ1v) is 6.47. The van der Waals surface area contributed by atoms with E-state index < -0.39 is 5.91 Å². The normalized spacial score (nSPS) is 11.1. The van der Waals surface area contributed by atoms with Gasteiger partial charge in [-0.2, -0.15) is 4.37 Å². The molecule has 0 bridgehead atoms. The number of carbonyl (C=O) groups is 1. The highest BCUT2D eigenvalue weighted by Gasteiger charge is 2.15. The van der Waals surface area contributed by atoms with E-state index in [9.17, 15) is 4.79 Å². The van der Waals surface area contributed by atoms with E-state index in [0.717, 1.165) is 22.6 Å². The first kappa shape index (κ1) is 11.8. The SMILES string of the molecule is Cc1nscc1-c1cc(C)n2cnc(C(N)=O)c2n1. The topological polar surface area (TPSA) is 86.2 Å². The molecule has 2 N–H and O–H groups in total. The number of carbonyl (C=O) groups excluding carboxylic acids is 1. The van der Waals surface area contributed by atoms with E-state index in [1.165, 1.54) is 11.5 Å². The highest BCUT2D eigenvalue weighted by Crippen LogP contribution is 2.24. The lowest BCUT2D eigenvalue weighted by molar-refractivity contribution is 0.0997. The second-order valence-corrected chi connectivity index (χ2v) is 4.88. The summed E-state index contributed by atoms with van der Waals surface area (Å²) in [5, 5.41) is 1.94. The third-order valence-corrected chi connectivity index (χ3v) is 3.67. The van der Waals surface area contributed by atoms with Crippen molar-refractivity contribution in [1.29, 1.82) is 0 Å². The monoisotopic (exact) mass is 273 g/mol. The molecular formula is C12H11N5OS. The maximum Gasteiger partial charge on any atom is 0.271 e. The fourth-order valence-electron chi connectivity index (χ4n) is 1.97. The van der Waals surface area contributed by atoms with Gasteiger partial charge in [-0.1, -0.05) is 0 Å². The van der Waals surface area contributed by atoms with Gasteiger partial charge in [-0.15, -0.1) is 0 Å². The summed E-state index contributed by atoms with van der Waals surface area (Å²) >= 11 is 1.38. The van der Waals surface area contributed by atoms with Crippen LogP contribution in [0.15, 0.2) is 17.8 Å². The van der Waals surface area contributed by atoms with Gasteiger partial charge >= 0.3 is 0 Å². The van der Waals surface area contributed by atoms with Crippen molar-refractivity contribution < 1.29 is 4.79 Å². The Morgan fingerprint density at radius 2 is 2.21 bits per heavy atom. The minimum atomic E-state index is -0.577. The van der Waals surface area contributed by atoms with Crippen molar-refractivity contribution in [3.8, 4) is 11.3 Å². The van der Waals surface area contributed by atoms with Crippen LogP contribution < -0.4 is 5.73 Å². The summed E-state index contributed by atoms with van der Waals surface area (Å²) in [4.78, 5) is 19.8. The Morgan fingerprint density at radius 1 is 1.42 bits per heavy atom. The van der Waals surface area contributed by atoms with Gasteiger partial charge in [-0.05, 0) is 31.4 Å². The second-order valence-electron chi connectivity index (χ2n) is 4.25. The van der Waals surface area contributed by atoms with Gasteiger partial charge in [-0.25, -0.2) is 9.97 Å². The fraction of sp³-hybridized carbons (Fsp3) is 0.167. The van der Waals surface area contributed by atoms with Gasteiger partial charge in [-0.3, -0.25) is 9.20 Å². The Kier molecular flexibility index (Phi) is 2.56. The number of rotatable bonds is 2. The van der Waals surface area contributed by atoms with Crippen molar-refractivity contribution in [3.05, 3.63) is 34.9 Å². The average Bonchev–Trinajstić information content (AvgIpc) is 2.94. The van der Waals surface area contributed by atoms with Gasteiger partial charge in [0.2, 0.25) is 0 Å². The fourth-order valence-corrected chi connectivity index (χ4v) is 2.68. The number of amides is 1. The zero-order valence-electron chi connectivity index (χ0n) is 10.4. The van der Waals surface area contributed by atoms with E-state index >= 15 is 0 Å². The van der Waals surface area contributed by atoms with E-state index in [0.29, 0.717) is 5.65 Å². The van der Waals surface area contributed by atoms with Crippen LogP contribution in [0.4, 0.5) is 0 Å². The smallest absolute Gasteiger partial charge is 0.271 e. The van der Waals surface area contributed by atoms with Crippen LogP contribution in [0.2, 0.25) is 0 Å². The van der Waals surface area contributed by atoms with Crippen molar-refractivity contribution in [2.45, 2.75) is 13.8 Å². The number of aromatic nitrogens is 4. The Labute approximate surface area is 113 Å². The van der Waals surface area contributed by atoms with Gasteiger partial charge in [0.25, 0.3) is 5.91 Å². The average molecular weight is 273 g/mol. The van der Waals surface area contributed by atoms with Gasteiger partial charge in [0.1, 0.15) is 6.33 Å². The maximum absolute atomic E-state index is 11.3. The number of hydrogen-bond acceptors (Lipinski definition) is 5. The number of imidazole rings is 1. The van der Waals surface area contributed by atoms with E-state index in [1.54, 1.807) is 10.7 Å². The summed E-state index contributed by atoms with van der Waals surface area (Å²) in [5.74, 6) is -0.577. The Balaban J connectivity index is 2.31. The van der Waals surface area contributed by atoms with Crippen LogP contribution in [0.3, 0.4) is 0 Å². The summed E-state index contributed by atoms with van der Waals surface area (Å²) in [6.07, 6.45) is 1.56. The molecule has 7 heteroatoms. The molecule has 0 atom stereocenters. The van der Waals surface area contributed by atoms with Crippen LogP contribution in [-0.2, 0) is 0 Å². The quantitative estimate of drug-likeness (QED) is 0.767. The molecule has 19 heavy (non-hydrogen) atoms. The summed E-state index contributed by atoms with van der Waals surface area (Å²) in [6, 6.07) is 1.94. The molecule has 0 saturated carbocycles. The lowest BCUT2D eigenvalue weighted by Gasteiger charge is -2.04. The summed E-state index contributed by atoms with van der Waals surface area (Å²) in [5.41, 5.74) is 9.57. The number of aryl methyl sites for hydroxylation is 2. The molecule has 96 valence electrons. The highest BCUT2D eigenvalue weighted by atomic mass is 32.1. The van der Waals surface area contributed by atoms with Crippen LogP contribution in [0.1, 0.15) is 21.9 Å². The van der Waals surface area contributed by atoms with Gasteiger partial charge in [0.15, 0.2) is 11.3 Å². The van der Waals surface area contributed by atoms with Crippen LogP contribution in [0, 0.1) is 13.8 Å². The molecule has 3 rings (SSSR count). The molecule has 0 unspecified atom stereocenters. The standard InChI is InChI=1S/C12H11N5OS/c1-6-3-9(8-4-19-16-7(8)2)15-12-10(11(13)18)14-5-17(6)12/h3-5H,1-2H3,(H2,13,18). The minimum Gasteiger partial charge on any atom is -0.364 e. The Hall–Kier alpha value is -2.28. The van der Waals surface area contributed by atoms with Crippen LogP contribution in [-0.4, -0.2) is 24.6 Å². The molecule has 3 heterocycles. The molecule has 1 amide bonds. The van der Waals surface area contributed by atoms with E-state index in [-0.39, 0.29) is 5.69 Å². The van der Waals surface area contributed by atoms with Gasteiger partial charge in [0, 0.05) is 16.6 Å². The third-order valence-electron chi connectivity index (χ3n) is 2.95. The minimum absolute atomic E-state index is 0.186. The maximum atomic E-state index is 11.3. The van der Waals surface area contributed by atoms with Crippen molar-refractivity contribution >= 4 is 23.1 Å². The number of fused-ring (bicyclic) bond motifs is 1. The molecule has 0 aromatic carbocycles. The zero-order valence-corrected chi connectivity index (χ0v) is 11.2. The van der Waals surface area contributed by atoms with Crippen molar-refractivity contribution in [3.63, 3.8) is 0 Å². The highest BCUT2D eigenvalue weighted by molar-refractivity contribution is 7.04. The van der Waals surface area contributed by atoms with Crippen LogP contribution in [0.5, 0.6) is 0 Å². The Morgan fingerprint density at radius 3 is 2.84 bits per heavy atom. The molecule has 0 spiro atoms. The molecule has 0 aliphatic rings. The first-order chi connectivity index (χ1) is 9.08. The lowest BCUT2D eigenvalue weighted by Crippen LogP contribution is -2.12. The molecule has 0 saturated heterocycles. The first-order valence-electron chi connectivity index (χ1n) is 5.64. The number of primary amides is 1. The predicted molar refractivity (Wildman–Crippen MR) is 72.1 cm³/mol. The van der Waals surface area contributed by atoms with Crippen molar-refractivity contribution in [2.24, 2.45) is 5.73 Å². The molecule has 3 aromatic heterocycles. The molecule has 0 aliphatic carbocycles. The van der Waals surface area contributed by atoms with E-state index in [1.807, 2.05) is 25.3 Å². The van der Waals surface area contributed by atoms with Gasteiger partial charge in [0.05, 0.1) is 11.4 Å². The number of nitrogens with two attached hydrogens (primary N) is 1. The summed E-state index contributed by atoms with van der Waals surface area (Å²) < 4.78 is 5.98. The predicted octanol–water partition coefficient (Wildman–Crippen LogP) is 1.57. The lowest BCUT2D eigenvalue weighted by atomic mass is 10.2. The van der Waals surface area contributed by atoms with Crippen molar-refractivity contribution in [1.82, 2.24) is 18.7 Å². The molecule has 3 aromatic rings.